The van der Waals surface area contributed by atoms with Gasteiger partial charge in [-0.25, -0.2) is 0 Å². The van der Waals surface area contributed by atoms with Crippen molar-refractivity contribution in [3.8, 4) is 0 Å². The summed E-state index contributed by atoms with van der Waals surface area (Å²) in [6, 6.07) is 0. The molecular weight excluding hydrogens is 152 g/mol. The molecule has 0 saturated heterocycles. The molecule has 2 fully saturated rings. The van der Waals surface area contributed by atoms with Crippen LogP contribution in [-0.4, -0.2) is 17.0 Å². The van der Waals surface area contributed by atoms with E-state index in [4.69, 9.17) is 0 Å². The van der Waals surface area contributed by atoms with Gasteiger partial charge in [0.25, 0.3) is 0 Å². The van der Waals surface area contributed by atoms with Gasteiger partial charge < -0.3 is 5.11 Å². The lowest BCUT2D eigenvalue weighted by Gasteiger charge is -2.29. The van der Waals surface area contributed by atoms with Gasteiger partial charge in [-0.05, 0) is 37.5 Å². The molecule has 0 aromatic carbocycles. The van der Waals surface area contributed by atoms with Crippen LogP contribution in [0, 0.1) is 23.7 Å². The summed E-state index contributed by atoms with van der Waals surface area (Å²) in [6.45, 7) is 3.82. The lowest BCUT2D eigenvalue weighted by atomic mass is 9.77. The Kier molecular flexibility index (Phi) is 1.76. The second-order valence-corrected chi connectivity index (χ2v) is 4.46. The van der Waals surface area contributed by atoms with Gasteiger partial charge in [0.05, 0.1) is 6.10 Å². The maximum atomic E-state index is 11.3. The van der Waals surface area contributed by atoms with Crippen molar-refractivity contribution in [1.29, 1.82) is 0 Å². The highest BCUT2D eigenvalue weighted by atomic mass is 16.3. The first kappa shape index (κ1) is 8.24. The topological polar surface area (TPSA) is 37.3 Å². The Morgan fingerprint density at radius 1 is 1.42 bits per heavy atom. The highest BCUT2D eigenvalue weighted by Crippen LogP contribution is 2.52. The number of aliphatic hydroxyl groups excluding tert-OH is 1. The van der Waals surface area contributed by atoms with Gasteiger partial charge in [-0.3, -0.25) is 4.79 Å². The summed E-state index contributed by atoms with van der Waals surface area (Å²) in [5.74, 6) is 1.82. The zero-order chi connectivity index (χ0) is 8.88. The van der Waals surface area contributed by atoms with Crippen molar-refractivity contribution < 1.29 is 9.90 Å². The number of ketones is 1. The molecule has 2 saturated carbocycles. The number of rotatable bonds is 1. The minimum absolute atomic E-state index is 0.152. The van der Waals surface area contributed by atoms with Gasteiger partial charge in [-0.15, -0.1) is 0 Å². The van der Waals surface area contributed by atoms with Gasteiger partial charge >= 0.3 is 0 Å². The van der Waals surface area contributed by atoms with Crippen LogP contribution < -0.4 is 0 Å². The maximum absolute atomic E-state index is 11.3. The van der Waals surface area contributed by atoms with E-state index in [1.165, 1.54) is 0 Å². The molecule has 4 unspecified atom stereocenters. The molecule has 2 bridgehead atoms. The van der Waals surface area contributed by atoms with E-state index in [0.717, 1.165) is 12.8 Å². The van der Waals surface area contributed by atoms with Crippen LogP contribution in [0.4, 0.5) is 0 Å². The molecule has 12 heavy (non-hydrogen) atoms. The number of carbonyl (C=O) groups excluding carboxylic acids is 1. The van der Waals surface area contributed by atoms with Crippen LogP contribution in [0.3, 0.4) is 0 Å². The molecule has 2 rings (SSSR count). The van der Waals surface area contributed by atoms with E-state index in [1.807, 2.05) is 0 Å². The minimum Gasteiger partial charge on any atom is -0.393 e. The van der Waals surface area contributed by atoms with Crippen LogP contribution in [0.5, 0.6) is 0 Å². The minimum atomic E-state index is -0.194. The van der Waals surface area contributed by atoms with E-state index in [0.29, 0.717) is 11.8 Å². The quantitative estimate of drug-likeness (QED) is 0.639. The number of hydrogen-bond donors (Lipinski definition) is 1. The van der Waals surface area contributed by atoms with Crippen molar-refractivity contribution in [2.75, 3.05) is 0 Å². The van der Waals surface area contributed by atoms with Crippen molar-refractivity contribution in [2.45, 2.75) is 32.8 Å². The van der Waals surface area contributed by atoms with E-state index in [1.54, 1.807) is 6.92 Å². The van der Waals surface area contributed by atoms with Crippen molar-refractivity contribution in [1.82, 2.24) is 0 Å². The predicted molar refractivity (Wildman–Crippen MR) is 45.6 cm³/mol. The average Bonchev–Trinajstić information content (AvgIpc) is 2.44. The Morgan fingerprint density at radius 3 is 2.50 bits per heavy atom. The molecule has 2 heteroatoms. The Morgan fingerprint density at radius 2 is 2.08 bits per heavy atom. The summed E-state index contributed by atoms with van der Waals surface area (Å²) in [6.07, 6.45) is 1.81. The first-order valence-corrected chi connectivity index (χ1v) is 4.79. The molecule has 0 spiro atoms. The summed E-state index contributed by atoms with van der Waals surface area (Å²) in [7, 11) is 0. The van der Waals surface area contributed by atoms with Gasteiger partial charge in [0.2, 0.25) is 0 Å². The van der Waals surface area contributed by atoms with Crippen LogP contribution >= 0.6 is 0 Å². The SMILES string of the molecule is CC(=O)C1C2CC(CC2O)[C@H]1C. The van der Waals surface area contributed by atoms with E-state index in [-0.39, 0.29) is 23.7 Å². The lowest BCUT2D eigenvalue weighted by molar-refractivity contribution is -0.125. The number of fused-ring (bicyclic) bond motifs is 2. The monoisotopic (exact) mass is 168 g/mol. The summed E-state index contributed by atoms with van der Waals surface area (Å²) in [5, 5.41) is 9.60. The average molecular weight is 168 g/mol. The normalized spacial score (nSPS) is 51.4. The largest absolute Gasteiger partial charge is 0.393 e. The highest BCUT2D eigenvalue weighted by Gasteiger charge is 2.51. The van der Waals surface area contributed by atoms with E-state index in [2.05, 4.69) is 6.92 Å². The molecule has 0 heterocycles. The number of aliphatic hydroxyl groups is 1. The van der Waals surface area contributed by atoms with Gasteiger partial charge in [0.15, 0.2) is 0 Å². The standard InChI is InChI=1S/C10H16O2/c1-5-7-3-8(9(12)4-7)10(5)6(2)11/h5,7-10,12H,3-4H2,1-2H3/t5-,7?,8?,9?,10?/m1/s1. The number of Topliss-reactive ketones (excluding diaryl/α,β-unsaturated/α-hetero) is 1. The van der Waals surface area contributed by atoms with Gasteiger partial charge in [0.1, 0.15) is 5.78 Å². The smallest absolute Gasteiger partial charge is 0.133 e. The third-order valence-corrected chi connectivity index (χ3v) is 3.85. The Hall–Kier alpha value is -0.370. The van der Waals surface area contributed by atoms with Crippen molar-refractivity contribution in [3.05, 3.63) is 0 Å². The molecule has 2 aliphatic carbocycles. The van der Waals surface area contributed by atoms with Gasteiger partial charge in [-0.1, -0.05) is 6.92 Å². The zero-order valence-electron chi connectivity index (χ0n) is 7.66. The fourth-order valence-electron chi connectivity index (χ4n) is 3.26. The summed E-state index contributed by atoms with van der Waals surface area (Å²) in [4.78, 5) is 11.3. The van der Waals surface area contributed by atoms with Crippen molar-refractivity contribution in [2.24, 2.45) is 23.7 Å². The summed E-state index contributed by atoms with van der Waals surface area (Å²) < 4.78 is 0. The molecule has 5 atom stereocenters. The molecule has 0 aromatic heterocycles. The van der Waals surface area contributed by atoms with Gasteiger partial charge in [0, 0.05) is 5.92 Å². The fraction of sp³-hybridized carbons (Fsp3) is 0.900. The van der Waals surface area contributed by atoms with Crippen LogP contribution in [-0.2, 0) is 4.79 Å². The zero-order valence-corrected chi connectivity index (χ0v) is 7.66. The van der Waals surface area contributed by atoms with Crippen LogP contribution in [0.1, 0.15) is 26.7 Å². The van der Waals surface area contributed by atoms with Crippen LogP contribution in [0.2, 0.25) is 0 Å². The fourth-order valence-corrected chi connectivity index (χ4v) is 3.26. The first-order valence-electron chi connectivity index (χ1n) is 4.79. The van der Waals surface area contributed by atoms with E-state index in [9.17, 15) is 9.90 Å². The Balaban J connectivity index is 2.20. The molecule has 0 aliphatic heterocycles. The molecule has 1 N–H and O–H groups in total. The Labute approximate surface area is 73.0 Å². The molecule has 0 amide bonds. The maximum Gasteiger partial charge on any atom is 0.133 e. The number of carbonyl (C=O) groups is 1. The third kappa shape index (κ3) is 0.939. The van der Waals surface area contributed by atoms with E-state index >= 15 is 0 Å². The van der Waals surface area contributed by atoms with Crippen molar-refractivity contribution >= 4 is 5.78 Å². The van der Waals surface area contributed by atoms with Crippen molar-refractivity contribution in [3.63, 3.8) is 0 Å². The second kappa shape index (κ2) is 2.56. The van der Waals surface area contributed by atoms with E-state index < -0.39 is 0 Å². The van der Waals surface area contributed by atoms with Crippen LogP contribution in [0.25, 0.3) is 0 Å². The molecule has 0 aromatic rings. The first-order chi connectivity index (χ1) is 5.61. The summed E-state index contributed by atoms with van der Waals surface area (Å²) in [5.41, 5.74) is 0. The van der Waals surface area contributed by atoms with Gasteiger partial charge in [-0.2, -0.15) is 0 Å². The molecule has 0 radical (unpaired) electrons. The second-order valence-electron chi connectivity index (χ2n) is 4.46. The predicted octanol–water partition coefficient (Wildman–Crippen LogP) is 1.23. The molecule has 2 aliphatic rings. The molecule has 68 valence electrons. The van der Waals surface area contributed by atoms with Crippen LogP contribution in [0.15, 0.2) is 0 Å². The molecular formula is C10H16O2. The number of hydrogen-bond acceptors (Lipinski definition) is 2. The molecule has 2 nitrogen and oxygen atoms in total. The third-order valence-electron chi connectivity index (χ3n) is 3.85. The summed E-state index contributed by atoms with van der Waals surface area (Å²) >= 11 is 0. The lowest BCUT2D eigenvalue weighted by Crippen LogP contribution is -2.33. The highest BCUT2D eigenvalue weighted by molar-refractivity contribution is 5.79. The Bertz CT molecular complexity index is 212.